The van der Waals surface area contributed by atoms with E-state index < -0.39 is 0 Å². The number of rotatable bonds is 2. The Kier molecular flexibility index (Phi) is 1.89. The summed E-state index contributed by atoms with van der Waals surface area (Å²) in [4.78, 5) is 0. The highest BCUT2D eigenvalue weighted by Gasteiger charge is 2.35. The Morgan fingerprint density at radius 3 is 2.30 bits per heavy atom. The Hall–Kier alpha value is -0.260. The van der Waals surface area contributed by atoms with Crippen LogP contribution in [0, 0.1) is 11.3 Å². The lowest BCUT2D eigenvalue weighted by Gasteiger charge is -2.42. The second-order valence-corrected chi connectivity index (χ2v) is 4.60. The van der Waals surface area contributed by atoms with Crippen molar-refractivity contribution in [1.82, 2.24) is 0 Å². The molecule has 0 atom stereocenters. The first kappa shape index (κ1) is 7.84. The molecule has 0 saturated heterocycles. The Labute approximate surface area is 64.3 Å². The van der Waals surface area contributed by atoms with Gasteiger partial charge in [-0.3, -0.25) is 0 Å². The van der Waals surface area contributed by atoms with Crippen LogP contribution in [0.5, 0.6) is 0 Å². The van der Waals surface area contributed by atoms with E-state index >= 15 is 0 Å². The van der Waals surface area contributed by atoms with Crippen LogP contribution in [-0.2, 0) is 0 Å². The minimum atomic E-state index is 0.639. The SMILES string of the molecule is C=C(C)CC1CC(C)(C)C1. The molecule has 0 heteroatoms. The summed E-state index contributed by atoms with van der Waals surface area (Å²) >= 11 is 0. The van der Waals surface area contributed by atoms with E-state index in [4.69, 9.17) is 0 Å². The van der Waals surface area contributed by atoms with E-state index in [-0.39, 0.29) is 0 Å². The lowest BCUT2D eigenvalue weighted by atomic mass is 9.63. The van der Waals surface area contributed by atoms with Crippen LogP contribution in [0.1, 0.15) is 40.0 Å². The average Bonchev–Trinajstić information content (AvgIpc) is 1.57. The van der Waals surface area contributed by atoms with Crippen molar-refractivity contribution in [3.05, 3.63) is 12.2 Å². The molecule has 0 nitrogen and oxygen atoms in total. The highest BCUT2D eigenvalue weighted by molar-refractivity contribution is 4.97. The van der Waals surface area contributed by atoms with Crippen LogP contribution in [0.4, 0.5) is 0 Å². The molecule has 1 fully saturated rings. The smallest absolute Gasteiger partial charge is 0.0297 e. The monoisotopic (exact) mass is 138 g/mol. The molecule has 0 heterocycles. The molecule has 0 aromatic carbocycles. The molecule has 1 aliphatic carbocycles. The van der Waals surface area contributed by atoms with Gasteiger partial charge < -0.3 is 0 Å². The molecular formula is C10H18. The zero-order valence-corrected chi connectivity index (χ0v) is 7.41. The van der Waals surface area contributed by atoms with Crippen LogP contribution in [0.2, 0.25) is 0 Å². The van der Waals surface area contributed by atoms with Crippen molar-refractivity contribution < 1.29 is 0 Å². The van der Waals surface area contributed by atoms with Gasteiger partial charge in [0.2, 0.25) is 0 Å². The van der Waals surface area contributed by atoms with Gasteiger partial charge in [-0.05, 0) is 37.5 Å². The van der Waals surface area contributed by atoms with Crippen molar-refractivity contribution in [3.63, 3.8) is 0 Å². The Bertz CT molecular complexity index is 134. The highest BCUT2D eigenvalue weighted by Crippen LogP contribution is 2.47. The van der Waals surface area contributed by atoms with Crippen molar-refractivity contribution in [3.8, 4) is 0 Å². The van der Waals surface area contributed by atoms with Crippen LogP contribution >= 0.6 is 0 Å². The first-order chi connectivity index (χ1) is 4.49. The topological polar surface area (TPSA) is 0 Å². The lowest BCUT2D eigenvalue weighted by molar-refractivity contribution is 0.0971. The van der Waals surface area contributed by atoms with E-state index in [2.05, 4.69) is 27.4 Å². The van der Waals surface area contributed by atoms with E-state index in [1.165, 1.54) is 24.8 Å². The Morgan fingerprint density at radius 2 is 2.00 bits per heavy atom. The minimum Gasteiger partial charge on any atom is -0.100 e. The summed E-state index contributed by atoms with van der Waals surface area (Å²) in [5.74, 6) is 0.951. The molecule has 1 saturated carbocycles. The third-order valence-electron chi connectivity index (χ3n) is 2.32. The van der Waals surface area contributed by atoms with E-state index in [9.17, 15) is 0 Å². The van der Waals surface area contributed by atoms with Crippen LogP contribution in [0.3, 0.4) is 0 Å². The predicted octanol–water partition coefficient (Wildman–Crippen LogP) is 3.39. The van der Waals surface area contributed by atoms with E-state index in [0.717, 1.165) is 5.92 Å². The molecular weight excluding hydrogens is 120 g/mol. The summed E-state index contributed by atoms with van der Waals surface area (Å²) in [6.45, 7) is 10.8. The number of hydrogen-bond donors (Lipinski definition) is 0. The maximum Gasteiger partial charge on any atom is -0.0297 e. The molecule has 0 amide bonds. The summed E-state index contributed by atoms with van der Waals surface area (Å²) in [6.07, 6.45) is 4.06. The zero-order chi connectivity index (χ0) is 7.78. The molecule has 58 valence electrons. The van der Waals surface area contributed by atoms with Gasteiger partial charge in [0.05, 0.1) is 0 Å². The fourth-order valence-electron chi connectivity index (χ4n) is 2.14. The highest BCUT2D eigenvalue weighted by atomic mass is 14.4. The Balaban J connectivity index is 2.21. The molecule has 0 aliphatic heterocycles. The first-order valence-electron chi connectivity index (χ1n) is 4.14. The Morgan fingerprint density at radius 1 is 1.50 bits per heavy atom. The molecule has 0 bridgehead atoms. The van der Waals surface area contributed by atoms with Crippen LogP contribution < -0.4 is 0 Å². The predicted molar refractivity (Wildman–Crippen MR) is 45.9 cm³/mol. The fourth-order valence-corrected chi connectivity index (χ4v) is 2.14. The standard InChI is InChI=1S/C10H18/c1-8(2)5-9-6-10(3,4)7-9/h9H,1,5-7H2,2-4H3. The van der Waals surface area contributed by atoms with Gasteiger partial charge >= 0.3 is 0 Å². The lowest BCUT2D eigenvalue weighted by Crippen LogP contribution is -2.31. The molecule has 10 heavy (non-hydrogen) atoms. The third kappa shape index (κ3) is 1.86. The summed E-state index contributed by atoms with van der Waals surface area (Å²) in [5.41, 5.74) is 1.99. The molecule has 1 rings (SSSR count). The quantitative estimate of drug-likeness (QED) is 0.513. The van der Waals surface area contributed by atoms with Gasteiger partial charge in [-0.25, -0.2) is 0 Å². The summed E-state index contributed by atoms with van der Waals surface area (Å²) < 4.78 is 0. The second kappa shape index (κ2) is 2.41. The molecule has 0 spiro atoms. The summed E-state index contributed by atoms with van der Waals surface area (Å²) in [5, 5.41) is 0. The van der Waals surface area contributed by atoms with Crippen molar-refractivity contribution in [2.75, 3.05) is 0 Å². The van der Waals surface area contributed by atoms with Crippen LogP contribution in [0.15, 0.2) is 12.2 Å². The largest absolute Gasteiger partial charge is 0.100 e. The van der Waals surface area contributed by atoms with Crippen molar-refractivity contribution in [1.29, 1.82) is 0 Å². The van der Waals surface area contributed by atoms with Crippen molar-refractivity contribution >= 4 is 0 Å². The summed E-state index contributed by atoms with van der Waals surface area (Å²) in [6, 6.07) is 0. The van der Waals surface area contributed by atoms with Gasteiger partial charge in [0, 0.05) is 0 Å². The fraction of sp³-hybridized carbons (Fsp3) is 0.800. The minimum absolute atomic E-state index is 0.639. The molecule has 0 radical (unpaired) electrons. The van der Waals surface area contributed by atoms with Gasteiger partial charge in [0.15, 0.2) is 0 Å². The van der Waals surface area contributed by atoms with Gasteiger partial charge in [0.25, 0.3) is 0 Å². The molecule has 0 unspecified atom stereocenters. The van der Waals surface area contributed by atoms with Crippen molar-refractivity contribution in [2.24, 2.45) is 11.3 Å². The molecule has 0 aromatic rings. The zero-order valence-electron chi connectivity index (χ0n) is 7.41. The molecule has 1 aliphatic rings. The van der Waals surface area contributed by atoms with E-state index in [0.29, 0.717) is 5.41 Å². The van der Waals surface area contributed by atoms with Crippen LogP contribution in [-0.4, -0.2) is 0 Å². The maximum absolute atomic E-state index is 3.92. The van der Waals surface area contributed by atoms with Crippen LogP contribution in [0.25, 0.3) is 0 Å². The molecule has 0 N–H and O–H groups in total. The average molecular weight is 138 g/mol. The summed E-state index contributed by atoms with van der Waals surface area (Å²) in [7, 11) is 0. The van der Waals surface area contributed by atoms with E-state index in [1.54, 1.807) is 0 Å². The van der Waals surface area contributed by atoms with Gasteiger partial charge in [-0.15, -0.1) is 6.58 Å². The normalized spacial score (nSPS) is 23.9. The van der Waals surface area contributed by atoms with Gasteiger partial charge in [-0.1, -0.05) is 19.4 Å². The van der Waals surface area contributed by atoms with Gasteiger partial charge in [-0.2, -0.15) is 0 Å². The first-order valence-corrected chi connectivity index (χ1v) is 4.14. The number of allylic oxidation sites excluding steroid dienone is 1. The van der Waals surface area contributed by atoms with Gasteiger partial charge in [0.1, 0.15) is 0 Å². The van der Waals surface area contributed by atoms with Crippen molar-refractivity contribution in [2.45, 2.75) is 40.0 Å². The third-order valence-corrected chi connectivity index (χ3v) is 2.32. The van der Waals surface area contributed by atoms with E-state index in [1.807, 2.05) is 0 Å². The number of hydrogen-bond acceptors (Lipinski definition) is 0. The molecule has 0 aromatic heterocycles. The second-order valence-electron chi connectivity index (χ2n) is 4.60. The maximum atomic E-state index is 3.92.